The summed E-state index contributed by atoms with van der Waals surface area (Å²) >= 11 is 0. The molecule has 1 N–H and O–H groups in total. The number of amides is 1. The SMILES string of the molecule is CC(C)C(=O)NCc1nc2ccccc2c(=O)n1C. The molecule has 0 aliphatic rings. The molecule has 0 radical (unpaired) electrons. The number of hydrogen-bond acceptors (Lipinski definition) is 3. The molecule has 5 heteroatoms. The molecule has 0 fully saturated rings. The van der Waals surface area contributed by atoms with Crippen molar-refractivity contribution >= 4 is 16.8 Å². The number of carbonyl (C=O) groups excluding carboxylic acids is 1. The molecule has 19 heavy (non-hydrogen) atoms. The fourth-order valence-corrected chi connectivity index (χ4v) is 1.79. The summed E-state index contributed by atoms with van der Waals surface area (Å²) in [6.45, 7) is 3.90. The van der Waals surface area contributed by atoms with E-state index in [-0.39, 0.29) is 23.9 Å². The summed E-state index contributed by atoms with van der Waals surface area (Å²) in [6, 6.07) is 7.20. The van der Waals surface area contributed by atoms with Gasteiger partial charge in [0.25, 0.3) is 5.56 Å². The second-order valence-corrected chi connectivity index (χ2v) is 4.78. The molecule has 1 aromatic carbocycles. The van der Waals surface area contributed by atoms with Crippen molar-refractivity contribution in [2.75, 3.05) is 0 Å². The number of nitrogens with one attached hydrogen (secondary N) is 1. The monoisotopic (exact) mass is 259 g/mol. The third-order valence-corrected chi connectivity index (χ3v) is 3.02. The molecule has 5 nitrogen and oxygen atoms in total. The summed E-state index contributed by atoms with van der Waals surface area (Å²) in [7, 11) is 1.67. The third-order valence-electron chi connectivity index (χ3n) is 3.02. The zero-order chi connectivity index (χ0) is 14.0. The predicted octanol–water partition coefficient (Wildman–Crippen LogP) is 1.21. The van der Waals surface area contributed by atoms with Gasteiger partial charge in [0.2, 0.25) is 5.91 Å². The van der Waals surface area contributed by atoms with Crippen molar-refractivity contribution in [2.24, 2.45) is 13.0 Å². The van der Waals surface area contributed by atoms with Crippen molar-refractivity contribution in [1.82, 2.24) is 14.9 Å². The highest BCUT2D eigenvalue weighted by Gasteiger charge is 2.10. The maximum Gasteiger partial charge on any atom is 0.261 e. The summed E-state index contributed by atoms with van der Waals surface area (Å²) in [6.07, 6.45) is 0. The van der Waals surface area contributed by atoms with Crippen LogP contribution in [0.2, 0.25) is 0 Å². The fraction of sp³-hybridized carbons (Fsp3) is 0.357. The van der Waals surface area contributed by atoms with E-state index in [2.05, 4.69) is 10.3 Å². The Bertz CT molecular complexity index is 674. The molecule has 100 valence electrons. The van der Waals surface area contributed by atoms with Crippen molar-refractivity contribution in [2.45, 2.75) is 20.4 Å². The van der Waals surface area contributed by atoms with Gasteiger partial charge >= 0.3 is 0 Å². The Morgan fingerprint density at radius 1 is 1.37 bits per heavy atom. The van der Waals surface area contributed by atoms with Crippen LogP contribution in [-0.4, -0.2) is 15.5 Å². The van der Waals surface area contributed by atoms with Crippen LogP contribution < -0.4 is 10.9 Å². The molecule has 2 rings (SSSR count). The van der Waals surface area contributed by atoms with Gasteiger partial charge in [0.1, 0.15) is 5.82 Å². The van der Waals surface area contributed by atoms with Gasteiger partial charge in [-0.2, -0.15) is 0 Å². The second kappa shape index (κ2) is 5.22. The lowest BCUT2D eigenvalue weighted by Crippen LogP contribution is -2.31. The number of rotatable bonds is 3. The van der Waals surface area contributed by atoms with Crippen LogP contribution in [0, 0.1) is 5.92 Å². The number of aromatic nitrogens is 2. The molecule has 0 saturated heterocycles. The molecule has 1 aromatic heterocycles. The van der Waals surface area contributed by atoms with E-state index >= 15 is 0 Å². The summed E-state index contributed by atoms with van der Waals surface area (Å²) in [5.41, 5.74) is 0.554. The Balaban J connectivity index is 2.36. The second-order valence-electron chi connectivity index (χ2n) is 4.78. The normalized spacial score (nSPS) is 10.9. The lowest BCUT2D eigenvalue weighted by molar-refractivity contribution is -0.124. The summed E-state index contributed by atoms with van der Waals surface area (Å²) in [4.78, 5) is 28.1. The van der Waals surface area contributed by atoms with E-state index in [4.69, 9.17) is 0 Å². The van der Waals surface area contributed by atoms with E-state index in [1.165, 1.54) is 4.57 Å². The first-order valence-electron chi connectivity index (χ1n) is 6.23. The highest BCUT2D eigenvalue weighted by atomic mass is 16.2. The van der Waals surface area contributed by atoms with Crippen molar-refractivity contribution in [1.29, 1.82) is 0 Å². The van der Waals surface area contributed by atoms with Gasteiger partial charge in [-0.1, -0.05) is 26.0 Å². The van der Waals surface area contributed by atoms with Crippen LogP contribution >= 0.6 is 0 Å². The summed E-state index contributed by atoms with van der Waals surface area (Å²) < 4.78 is 1.48. The quantitative estimate of drug-likeness (QED) is 0.901. The smallest absolute Gasteiger partial charge is 0.261 e. The van der Waals surface area contributed by atoms with Gasteiger partial charge in [0, 0.05) is 13.0 Å². The molecule has 1 amide bonds. The first-order valence-corrected chi connectivity index (χ1v) is 6.23. The van der Waals surface area contributed by atoms with Crippen molar-refractivity contribution in [3.8, 4) is 0 Å². The molecule has 0 saturated carbocycles. The number of nitrogens with zero attached hydrogens (tertiary/aromatic N) is 2. The molecule has 1 heterocycles. The van der Waals surface area contributed by atoms with Crippen LogP contribution in [0.15, 0.2) is 29.1 Å². The Kier molecular flexibility index (Phi) is 3.64. The van der Waals surface area contributed by atoms with Gasteiger partial charge in [-0.05, 0) is 12.1 Å². The lowest BCUT2D eigenvalue weighted by Gasteiger charge is -2.11. The molecule has 0 atom stereocenters. The molecular weight excluding hydrogens is 242 g/mol. The maximum atomic E-state index is 12.1. The number of fused-ring (bicyclic) bond motifs is 1. The Morgan fingerprint density at radius 2 is 2.05 bits per heavy atom. The zero-order valence-electron chi connectivity index (χ0n) is 11.3. The Morgan fingerprint density at radius 3 is 2.74 bits per heavy atom. The number of benzene rings is 1. The number of hydrogen-bond donors (Lipinski definition) is 1. The average Bonchev–Trinajstić information content (AvgIpc) is 2.40. The predicted molar refractivity (Wildman–Crippen MR) is 73.7 cm³/mol. The average molecular weight is 259 g/mol. The van der Waals surface area contributed by atoms with Crippen molar-refractivity contribution < 1.29 is 4.79 Å². The van der Waals surface area contributed by atoms with Crippen LogP contribution in [-0.2, 0) is 18.4 Å². The van der Waals surface area contributed by atoms with Gasteiger partial charge in [0.05, 0.1) is 17.4 Å². The van der Waals surface area contributed by atoms with Gasteiger partial charge in [-0.15, -0.1) is 0 Å². The van der Waals surface area contributed by atoms with Crippen molar-refractivity contribution in [3.63, 3.8) is 0 Å². The van der Waals surface area contributed by atoms with Crippen LogP contribution in [0.5, 0.6) is 0 Å². The van der Waals surface area contributed by atoms with Crippen LogP contribution in [0.3, 0.4) is 0 Å². The highest BCUT2D eigenvalue weighted by molar-refractivity contribution is 5.78. The van der Waals surface area contributed by atoms with Gasteiger partial charge in [0.15, 0.2) is 0 Å². The van der Waals surface area contributed by atoms with E-state index < -0.39 is 0 Å². The number of carbonyl (C=O) groups is 1. The molecular formula is C14H17N3O2. The van der Waals surface area contributed by atoms with E-state index in [9.17, 15) is 9.59 Å². The summed E-state index contributed by atoms with van der Waals surface area (Å²) in [5.74, 6) is 0.414. The van der Waals surface area contributed by atoms with Gasteiger partial charge in [-0.25, -0.2) is 4.98 Å². The maximum absolute atomic E-state index is 12.1. The third kappa shape index (κ3) is 2.65. The highest BCUT2D eigenvalue weighted by Crippen LogP contribution is 2.07. The first-order chi connectivity index (χ1) is 9.00. The number of para-hydroxylation sites is 1. The minimum absolute atomic E-state index is 0.0533. The van der Waals surface area contributed by atoms with Gasteiger partial charge < -0.3 is 5.32 Å². The van der Waals surface area contributed by atoms with Crippen molar-refractivity contribution in [3.05, 3.63) is 40.4 Å². The minimum atomic E-state index is -0.0978. The molecule has 0 bridgehead atoms. The molecule has 0 aliphatic carbocycles. The van der Waals surface area contributed by atoms with E-state index in [0.717, 1.165) is 0 Å². The Labute approximate surface area is 111 Å². The minimum Gasteiger partial charge on any atom is -0.349 e. The lowest BCUT2D eigenvalue weighted by atomic mass is 10.2. The van der Waals surface area contributed by atoms with Crippen LogP contribution in [0.1, 0.15) is 19.7 Å². The Hall–Kier alpha value is -2.17. The topological polar surface area (TPSA) is 64.0 Å². The van der Waals surface area contributed by atoms with Gasteiger partial charge in [-0.3, -0.25) is 14.2 Å². The van der Waals surface area contributed by atoms with E-state index in [1.807, 2.05) is 26.0 Å². The van der Waals surface area contributed by atoms with E-state index in [0.29, 0.717) is 16.7 Å². The van der Waals surface area contributed by atoms with Crippen LogP contribution in [0.4, 0.5) is 0 Å². The standard InChI is InChI=1S/C14H17N3O2/c1-9(2)13(18)15-8-12-16-11-7-5-4-6-10(11)14(19)17(12)3/h4-7,9H,8H2,1-3H3,(H,15,18). The zero-order valence-corrected chi connectivity index (χ0v) is 11.3. The summed E-state index contributed by atoms with van der Waals surface area (Å²) in [5, 5.41) is 3.36. The molecule has 0 aliphatic heterocycles. The van der Waals surface area contributed by atoms with E-state index in [1.54, 1.807) is 19.2 Å². The molecule has 0 unspecified atom stereocenters. The fourth-order valence-electron chi connectivity index (χ4n) is 1.79. The molecule has 0 spiro atoms. The molecule has 2 aromatic rings. The first kappa shape index (κ1) is 13.3. The van der Waals surface area contributed by atoms with Crippen LogP contribution in [0.25, 0.3) is 10.9 Å². The largest absolute Gasteiger partial charge is 0.349 e.